The van der Waals surface area contributed by atoms with Gasteiger partial charge in [0.05, 0.1) is 28.5 Å². The van der Waals surface area contributed by atoms with Crippen molar-refractivity contribution in [1.29, 1.82) is 0 Å². The number of rotatable bonds is 5. The minimum atomic E-state index is 0.0735. The van der Waals surface area contributed by atoms with Gasteiger partial charge in [-0.25, -0.2) is 4.68 Å². The Hall–Kier alpha value is -1.75. The number of nitrogens with zero attached hydrogens (tertiary/aromatic N) is 2. The summed E-state index contributed by atoms with van der Waals surface area (Å²) in [7, 11) is 0. The van der Waals surface area contributed by atoms with Crippen molar-refractivity contribution in [3.63, 3.8) is 0 Å². The van der Waals surface area contributed by atoms with Crippen LogP contribution in [0.4, 0.5) is 5.69 Å². The fourth-order valence-corrected chi connectivity index (χ4v) is 4.37. The van der Waals surface area contributed by atoms with Gasteiger partial charge in [0.15, 0.2) is 0 Å². The Kier molecular flexibility index (Phi) is 5.61. The SMILES string of the molecule is Cc1nn(-c2ccccc2)c(C)c1NC(=O)CSC1CCCCC1. The highest BCUT2D eigenvalue weighted by Gasteiger charge is 2.18. The summed E-state index contributed by atoms with van der Waals surface area (Å²) in [6, 6.07) is 10.0. The van der Waals surface area contributed by atoms with E-state index >= 15 is 0 Å². The second-order valence-corrected chi connectivity index (χ2v) is 7.70. The number of benzene rings is 1. The number of nitrogens with one attached hydrogen (secondary N) is 1. The molecule has 0 saturated heterocycles. The van der Waals surface area contributed by atoms with E-state index in [1.807, 2.05) is 48.9 Å². The highest BCUT2D eigenvalue weighted by atomic mass is 32.2. The van der Waals surface area contributed by atoms with Gasteiger partial charge in [0.25, 0.3) is 0 Å². The number of para-hydroxylation sites is 1. The van der Waals surface area contributed by atoms with Gasteiger partial charge >= 0.3 is 0 Å². The van der Waals surface area contributed by atoms with E-state index < -0.39 is 0 Å². The molecule has 128 valence electrons. The fourth-order valence-electron chi connectivity index (χ4n) is 3.25. The summed E-state index contributed by atoms with van der Waals surface area (Å²) in [5.41, 5.74) is 3.67. The molecule has 1 aromatic heterocycles. The maximum Gasteiger partial charge on any atom is 0.234 e. The summed E-state index contributed by atoms with van der Waals surface area (Å²) in [4.78, 5) is 12.3. The van der Waals surface area contributed by atoms with Crippen molar-refractivity contribution in [2.75, 3.05) is 11.1 Å². The molecule has 0 aliphatic heterocycles. The van der Waals surface area contributed by atoms with Gasteiger partial charge in [-0.3, -0.25) is 4.79 Å². The van der Waals surface area contributed by atoms with Crippen LogP contribution in [0.2, 0.25) is 0 Å². The predicted octanol–water partition coefficient (Wildman–Crippen LogP) is 4.49. The normalized spacial score (nSPS) is 15.4. The molecule has 0 bridgehead atoms. The fraction of sp³-hybridized carbons (Fsp3) is 0.474. The minimum Gasteiger partial charge on any atom is -0.322 e. The molecule has 2 aromatic rings. The highest BCUT2D eigenvalue weighted by molar-refractivity contribution is 8.00. The number of hydrogen-bond acceptors (Lipinski definition) is 3. The first-order chi connectivity index (χ1) is 11.6. The van der Waals surface area contributed by atoms with E-state index in [1.54, 1.807) is 11.8 Å². The Bertz CT molecular complexity index is 690. The summed E-state index contributed by atoms with van der Waals surface area (Å²) < 4.78 is 1.89. The first kappa shape index (κ1) is 17.1. The van der Waals surface area contributed by atoms with Gasteiger partial charge in [-0.1, -0.05) is 37.5 Å². The highest BCUT2D eigenvalue weighted by Crippen LogP contribution is 2.28. The molecule has 1 aromatic carbocycles. The van der Waals surface area contributed by atoms with Crippen LogP contribution < -0.4 is 5.32 Å². The number of carbonyl (C=O) groups excluding carboxylic acids is 1. The van der Waals surface area contributed by atoms with Gasteiger partial charge < -0.3 is 5.32 Å². The zero-order chi connectivity index (χ0) is 16.9. The molecule has 0 spiro atoms. The van der Waals surface area contributed by atoms with Crippen molar-refractivity contribution in [2.24, 2.45) is 0 Å². The molecule has 0 atom stereocenters. The van der Waals surface area contributed by atoms with Crippen LogP contribution in [0.1, 0.15) is 43.5 Å². The molecular formula is C19H25N3OS. The lowest BCUT2D eigenvalue weighted by Crippen LogP contribution is -2.18. The molecule has 1 saturated carbocycles. The van der Waals surface area contributed by atoms with Crippen LogP contribution in [0.25, 0.3) is 5.69 Å². The number of carbonyl (C=O) groups is 1. The Morgan fingerprint density at radius 3 is 2.62 bits per heavy atom. The lowest BCUT2D eigenvalue weighted by Gasteiger charge is -2.20. The zero-order valence-corrected chi connectivity index (χ0v) is 15.2. The second kappa shape index (κ2) is 7.88. The molecule has 0 unspecified atom stereocenters. The molecule has 1 aliphatic rings. The quantitative estimate of drug-likeness (QED) is 0.870. The number of aromatic nitrogens is 2. The van der Waals surface area contributed by atoms with Crippen LogP contribution in [0.5, 0.6) is 0 Å². The number of anilines is 1. The van der Waals surface area contributed by atoms with Crippen molar-refractivity contribution in [3.05, 3.63) is 41.7 Å². The molecule has 24 heavy (non-hydrogen) atoms. The van der Waals surface area contributed by atoms with Gasteiger partial charge in [-0.2, -0.15) is 5.10 Å². The van der Waals surface area contributed by atoms with E-state index in [0.29, 0.717) is 11.0 Å². The molecule has 3 rings (SSSR count). The molecular weight excluding hydrogens is 318 g/mol. The second-order valence-electron chi connectivity index (χ2n) is 6.41. The van der Waals surface area contributed by atoms with Crippen LogP contribution in [-0.2, 0) is 4.79 Å². The third kappa shape index (κ3) is 4.01. The summed E-state index contributed by atoms with van der Waals surface area (Å²) in [5, 5.41) is 8.30. The van der Waals surface area contributed by atoms with Crippen LogP contribution in [0, 0.1) is 13.8 Å². The number of amides is 1. The maximum atomic E-state index is 12.3. The molecule has 1 amide bonds. The van der Waals surface area contributed by atoms with Crippen molar-refractivity contribution in [3.8, 4) is 5.69 Å². The average Bonchev–Trinajstić information content (AvgIpc) is 2.90. The van der Waals surface area contributed by atoms with Crippen LogP contribution in [0.15, 0.2) is 30.3 Å². The summed E-state index contributed by atoms with van der Waals surface area (Å²) in [6.07, 6.45) is 6.47. The maximum absolute atomic E-state index is 12.3. The molecule has 0 radical (unpaired) electrons. The Labute approximate surface area is 148 Å². The van der Waals surface area contributed by atoms with Gasteiger partial charge in [-0.05, 0) is 38.8 Å². The number of hydrogen-bond donors (Lipinski definition) is 1. The number of aryl methyl sites for hydroxylation is 1. The predicted molar refractivity (Wildman–Crippen MR) is 101 cm³/mol. The molecule has 5 heteroatoms. The first-order valence-electron chi connectivity index (χ1n) is 8.68. The molecule has 1 N–H and O–H groups in total. The van der Waals surface area contributed by atoms with E-state index in [2.05, 4.69) is 10.4 Å². The summed E-state index contributed by atoms with van der Waals surface area (Å²) >= 11 is 1.80. The molecule has 4 nitrogen and oxygen atoms in total. The molecule has 1 heterocycles. The van der Waals surface area contributed by atoms with Crippen molar-refractivity contribution in [1.82, 2.24) is 9.78 Å². The van der Waals surface area contributed by atoms with E-state index in [1.165, 1.54) is 32.1 Å². The van der Waals surface area contributed by atoms with E-state index in [-0.39, 0.29) is 5.91 Å². The van der Waals surface area contributed by atoms with Gasteiger partial charge in [-0.15, -0.1) is 11.8 Å². The van der Waals surface area contributed by atoms with Crippen LogP contribution >= 0.6 is 11.8 Å². The monoisotopic (exact) mass is 343 g/mol. The summed E-state index contributed by atoms with van der Waals surface area (Å²) in [6.45, 7) is 3.94. The standard InChI is InChI=1S/C19H25N3OS/c1-14-19(15(2)22(21-14)16-9-5-3-6-10-16)20-18(23)13-24-17-11-7-4-8-12-17/h3,5-6,9-10,17H,4,7-8,11-13H2,1-2H3,(H,20,23). The Morgan fingerprint density at radius 1 is 1.21 bits per heavy atom. The van der Waals surface area contributed by atoms with Gasteiger partial charge in [0.1, 0.15) is 0 Å². The zero-order valence-electron chi connectivity index (χ0n) is 14.4. The molecule has 1 fully saturated rings. The van der Waals surface area contributed by atoms with Crippen LogP contribution in [0.3, 0.4) is 0 Å². The minimum absolute atomic E-state index is 0.0735. The van der Waals surface area contributed by atoms with E-state index in [4.69, 9.17) is 0 Å². The van der Waals surface area contributed by atoms with Crippen LogP contribution in [-0.4, -0.2) is 26.7 Å². The van der Waals surface area contributed by atoms with Crippen molar-refractivity contribution < 1.29 is 4.79 Å². The lowest BCUT2D eigenvalue weighted by atomic mass is 10.0. The van der Waals surface area contributed by atoms with Gasteiger partial charge in [0, 0.05) is 5.25 Å². The Morgan fingerprint density at radius 2 is 1.92 bits per heavy atom. The number of thioether (sulfide) groups is 1. The van der Waals surface area contributed by atoms with E-state index in [0.717, 1.165) is 22.8 Å². The van der Waals surface area contributed by atoms with Crippen molar-refractivity contribution in [2.45, 2.75) is 51.2 Å². The van der Waals surface area contributed by atoms with Gasteiger partial charge in [0.2, 0.25) is 5.91 Å². The smallest absolute Gasteiger partial charge is 0.234 e. The largest absolute Gasteiger partial charge is 0.322 e. The first-order valence-corrected chi connectivity index (χ1v) is 9.73. The third-order valence-electron chi connectivity index (χ3n) is 4.56. The Balaban J connectivity index is 1.64. The third-order valence-corrected chi connectivity index (χ3v) is 5.93. The molecule has 1 aliphatic carbocycles. The van der Waals surface area contributed by atoms with E-state index in [9.17, 15) is 4.79 Å². The summed E-state index contributed by atoms with van der Waals surface area (Å²) in [5.74, 6) is 0.601. The lowest BCUT2D eigenvalue weighted by molar-refractivity contribution is -0.113. The van der Waals surface area contributed by atoms with Crippen molar-refractivity contribution >= 4 is 23.4 Å². The average molecular weight is 343 g/mol. The topological polar surface area (TPSA) is 46.9 Å².